The quantitative estimate of drug-likeness (QED) is 0.323. The zero-order valence-electron chi connectivity index (χ0n) is 14.2. The highest BCUT2D eigenvalue weighted by Gasteiger charge is 2.37. The van der Waals surface area contributed by atoms with Crippen LogP contribution in [-0.4, -0.2) is 13.2 Å². The molecule has 0 amide bonds. The van der Waals surface area contributed by atoms with E-state index >= 15 is 0 Å². The molecule has 0 radical (unpaired) electrons. The molecule has 0 fully saturated rings. The van der Waals surface area contributed by atoms with E-state index in [1.807, 2.05) is 54.6 Å². The Bertz CT molecular complexity index is 670. The van der Waals surface area contributed by atoms with E-state index in [4.69, 9.17) is 9.47 Å². The van der Waals surface area contributed by atoms with Crippen LogP contribution in [0.5, 0.6) is 0 Å². The van der Waals surface area contributed by atoms with Crippen LogP contribution in [0.3, 0.4) is 0 Å². The first-order valence-electron chi connectivity index (χ1n) is 8.41. The van der Waals surface area contributed by atoms with Crippen molar-refractivity contribution in [1.82, 2.24) is 0 Å². The fourth-order valence-corrected chi connectivity index (χ4v) is 3.09. The van der Waals surface area contributed by atoms with E-state index in [2.05, 4.69) is 43.0 Å². The summed E-state index contributed by atoms with van der Waals surface area (Å²) < 4.78 is 11.8. The first kappa shape index (κ1) is 17.0. The van der Waals surface area contributed by atoms with Crippen LogP contribution in [0.4, 0.5) is 0 Å². The summed E-state index contributed by atoms with van der Waals surface area (Å²) in [7, 11) is 0. The van der Waals surface area contributed by atoms with E-state index in [0.717, 1.165) is 16.7 Å². The maximum Gasteiger partial charge on any atom is 0.143 e. The summed E-state index contributed by atoms with van der Waals surface area (Å²) in [6.07, 6.45) is 1.44. The Morgan fingerprint density at radius 3 is 1.40 bits per heavy atom. The summed E-state index contributed by atoms with van der Waals surface area (Å²) in [6, 6.07) is 30.9. The molecular formula is C23H22O2. The molecule has 0 aromatic heterocycles. The Kier molecular flexibility index (Phi) is 5.65. The van der Waals surface area contributed by atoms with Gasteiger partial charge in [0.2, 0.25) is 0 Å². The highest BCUT2D eigenvalue weighted by molar-refractivity contribution is 5.47. The van der Waals surface area contributed by atoms with Crippen molar-refractivity contribution >= 4 is 0 Å². The molecule has 0 N–H and O–H groups in total. The van der Waals surface area contributed by atoms with E-state index in [9.17, 15) is 0 Å². The Labute approximate surface area is 149 Å². The van der Waals surface area contributed by atoms with Crippen molar-refractivity contribution in [3.05, 3.63) is 121 Å². The van der Waals surface area contributed by atoms with Gasteiger partial charge in [-0.05, 0) is 16.7 Å². The number of ether oxygens (including phenoxy) is 2. The summed E-state index contributed by atoms with van der Waals surface area (Å²) in [6.45, 7) is 4.50. The van der Waals surface area contributed by atoms with Gasteiger partial charge in [0.1, 0.15) is 12.2 Å². The molecule has 0 unspecified atom stereocenters. The third kappa shape index (κ3) is 3.65. The van der Waals surface area contributed by atoms with Crippen molar-refractivity contribution in [2.24, 2.45) is 0 Å². The Morgan fingerprint density at radius 1 is 0.640 bits per heavy atom. The monoisotopic (exact) mass is 330 g/mol. The van der Waals surface area contributed by atoms with Crippen LogP contribution in [0.2, 0.25) is 0 Å². The lowest BCUT2D eigenvalue weighted by Crippen LogP contribution is -2.34. The lowest BCUT2D eigenvalue weighted by Gasteiger charge is -2.35. The molecule has 0 atom stereocenters. The number of hydrogen-bond donors (Lipinski definition) is 0. The minimum absolute atomic E-state index is 0.449. The fraction of sp³-hybridized carbons (Fsp3) is 0.130. The van der Waals surface area contributed by atoms with Crippen LogP contribution in [-0.2, 0) is 15.1 Å². The van der Waals surface area contributed by atoms with Gasteiger partial charge in [0.25, 0.3) is 0 Å². The zero-order chi connectivity index (χ0) is 17.4. The molecule has 0 aliphatic carbocycles. The molecule has 25 heavy (non-hydrogen) atoms. The van der Waals surface area contributed by atoms with Crippen LogP contribution < -0.4 is 0 Å². The van der Waals surface area contributed by atoms with Gasteiger partial charge in [0, 0.05) is 0 Å². The van der Waals surface area contributed by atoms with Gasteiger partial charge >= 0.3 is 0 Å². The van der Waals surface area contributed by atoms with E-state index < -0.39 is 5.60 Å². The fourth-order valence-electron chi connectivity index (χ4n) is 3.09. The van der Waals surface area contributed by atoms with Gasteiger partial charge in [-0.3, -0.25) is 0 Å². The van der Waals surface area contributed by atoms with Crippen molar-refractivity contribution in [1.29, 1.82) is 0 Å². The molecule has 2 heteroatoms. The highest BCUT2D eigenvalue weighted by Crippen LogP contribution is 2.40. The molecule has 0 aliphatic rings. The van der Waals surface area contributed by atoms with Gasteiger partial charge in [0.05, 0.1) is 12.9 Å². The molecule has 3 aromatic rings. The van der Waals surface area contributed by atoms with Gasteiger partial charge in [-0.25, -0.2) is 0 Å². The second kappa shape index (κ2) is 8.32. The van der Waals surface area contributed by atoms with Crippen molar-refractivity contribution in [3.8, 4) is 0 Å². The van der Waals surface area contributed by atoms with Crippen molar-refractivity contribution in [3.63, 3.8) is 0 Å². The normalized spacial score (nSPS) is 11.0. The van der Waals surface area contributed by atoms with Crippen LogP contribution in [0.1, 0.15) is 16.7 Å². The Balaban J connectivity index is 2.15. The van der Waals surface area contributed by atoms with Gasteiger partial charge in [0.15, 0.2) is 0 Å². The molecule has 0 saturated heterocycles. The molecule has 2 nitrogen and oxygen atoms in total. The third-order valence-corrected chi connectivity index (χ3v) is 4.18. The van der Waals surface area contributed by atoms with E-state index in [1.165, 1.54) is 6.26 Å². The minimum atomic E-state index is -0.686. The summed E-state index contributed by atoms with van der Waals surface area (Å²) in [5.74, 6) is 0. The lowest BCUT2D eigenvalue weighted by atomic mass is 9.80. The molecular weight excluding hydrogens is 308 g/mol. The highest BCUT2D eigenvalue weighted by atomic mass is 16.5. The lowest BCUT2D eigenvalue weighted by molar-refractivity contribution is -0.00890. The second-order valence-corrected chi connectivity index (χ2v) is 5.67. The standard InChI is InChI=1S/C23H22O2/c1-2-24-18-19-25-23(20-12-6-3-7-13-20,21-14-8-4-9-15-21)22-16-10-5-11-17-22/h2-17H,1,18-19H2. The van der Waals surface area contributed by atoms with Crippen LogP contribution in [0.15, 0.2) is 104 Å². The second-order valence-electron chi connectivity index (χ2n) is 5.67. The molecule has 0 bridgehead atoms. The van der Waals surface area contributed by atoms with Crippen molar-refractivity contribution in [2.75, 3.05) is 13.2 Å². The Morgan fingerprint density at radius 2 is 1.04 bits per heavy atom. The summed E-state index contributed by atoms with van der Waals surface area (Å²) in [5.41, 5.74) is 2.58. The number of benzene rings is 3. The summed E-state index contributed by atoms with van der Waals surface area (Å²) >= 11 is 0. The van der Waals surface area contributed by atoms with E-state index in [0.29, 0.717) is 13.2 Å². The number of hydrogen-bond acceptors (Lipinski definition) is 2. The molecule has 126 valence electrons. The van der Waals surface area contributed by atoms with Crippen molar-refractivity contribution < 1.29 is 9.47 Å². The molecule has 3 rings (SSSR count). The molecule has 0 saturated carbocycles. The summed E-state index contributed by atoms with van der Waals surface area (Å²) in [4.78, 5) is 0. The van der Waals surface area contributed by atoms with Crippen LogP contribution in [0, 0.1) is 0 Å². The molecule has 0 aliphatic heterocycles. The molecule has 0 spiro atoms. The first-order valence-corrected chi connectivity index (χ1v) is 8.41. The summed E-state index contributed by atoms with van der Waals surface area (Å²) in [5, 5.41) is 0. The van der Waals surface area contributed by atoms with Gasteiger partial charge in [-0.15, -0.1) is 0 Å². The SMILES string of the molecule is C=COCCOC(c1ccccc1)(c1ccccc1)c1ccccc1. The topological polar surface area (TPSA) is 18.5 Å². The van der Waals surface area contributed by atoms with E-state index in [-0.39, 0.29) is 0 Å². The maximum atomic E-state index is 6.52. The smallest absolute Gasteiger partial charge is 0.143 e. The van der Waals surface area contributed by atoms with Gasteiger partial charge in [-0.2, -0.15) is 0 Å². The predicted octanol–water partition coefficient (Wildman–Crippen LogP) is 5.16. The zero-order valence-corrected chi connectivity index (χ0v) is 14.2. The first-order chi connectivity index (χ1) is 12.4. The van der Waals surface area contributed by atoms with Crippen molar-refractivity contribution in [2.45, 2.75) is 5.60 Å². The average molecular weight is 330 g/mol. The average Bonchev–Trinajstić information content (AvgIpc) is 2.70. The van der Waals surface area contributed by atoms with E-state index in [1.54, 1.807) is 0 Å². The Hall–Kier alpha value is -2.84. The van der Waals surface area contributed by atoms with Crippen LogP contribution >= 0.6 is 0 Å². The molecule has 3 aromatic carbocycles. The molecule has 0 heterocycles. The largest absolute Gasteiger partial charge is 0.499 e. The number of rotatable bonds is 8. The minimum Gasteiger partial charge on any atom is -0.499 e. The maximum absolute atomic E-state index is 6.52. The van der Waals surface area contributed by atoms with Crippen LogP contribution in [0.25, 0.3) is 0 Å². The van der Waals surface area contributed by atoms with Gasteiger partial charge in [-0.1, -0.05) is 97.6 Å². The predicted molar refractivity (Wildman–Crippen MR) is 101 cm³/mol. The third-order valence-electron chi connectivity index (χ3n) is 4.18. The van der Waals surface area contributed by atoms with Gasteiger partial charge < -0.3 is 9.47 Å².